The van der Waals surface area contributed by atoms with Crippen LogP contribution in [0, 0.1) is 12.8 Å². The van der Waals surface area contributed by atoms with Crippen LogP contribution >= 0.6 is 0 Å². The predicted octanol–water partition coefficient (Wildman–Crippen LogP) is 4.20. The fourth-order valence-electron chi connectivity index (χ4n) is 3.49. The molecular formula is C23H33N5O3. The molecule has 168 valence electrons. The summed E-state index contributed by atoms with van der Waals surface area (Å²) in [6, 6.07) is 5.83. The van der Waals surface area contributed by atoms with Crippen LogP contribution in [-0.4, -0.2) is 52.2 Å². The molecule has 8 nitrogen and oxygen atoms in total. The number of nitrogens with one attached hydrogen (secondary N) is 1. The van der Waals surface area contributed by atoms with Gasteiger partial charge in [0.2, 0.25) is 5.65 Å². The number of carbonyl (C=O) groups is 1. The molecule has 0 aliphatic rings. The van der Waals surface area contributed by atoms with Gasteiger partial charge in [-0.2, -0.15) is 0 Å². The molecule has 0 saturated carbocycles. The number of fused-ring (bicyclic) bond motifs is 3. The Morgan fingerprint density at radius 3 is 2.81 bits per heavy atom. The number of nitrogens with zero attached hydrogens (tertiary/aromatic N) is 4. The van der Waals surface area contributed by atoms with E-state index in [1.807, 2.05) is 36.4 Å². The minimum atomic E-state index is 0.174. The molecule has 2 heterocycles. The van der Waals surface area contributed by atoms with E-state index in [0.29, 0.717) is 36.9 Å². The maximum Gasteiger partial charge on any atom is 0.204 e. The Hall–Kier alpha value is -2.74. The van der Waals surface area contributed by atoms with Crippen LogP contribution in [-0.2, 0) is 9.53 Å². The van der Waals surface area contributed by atoms with E-state index in [9.17, 15) is 4.79 Å². The molecule has 1 N–H and O–H groups in total. The fourth-order valence-corrected chi connectivity index (χ4v) is 3.49. The molecule has 1 atom stereocenters. The van der Waals surface area contributed by atoms with Gasteiger partial charge in [0.05, 0.1) is 17.6 Å². The van der Waals surface area contributed by atoms with Crippen molar-refractivity contribution in [2.45, 2.75) is 52.9 Å². The van der Waals surface area contributed by atoms with Crippen LogP contribution in [0.5, 0.6) is 5.75 Å². The molecule has 31 heavy (non-hydrogen) atoms. The van der Waals surface area contributed by atoms with Gasteiger partial charge in [-0.05, 0) is 38.3 Å². The molecular weight excluding hydrogens is 394 g/mol. The number of rotatable bonds is 13. The first-order valence-electron chi connectivity index (χ1n) is 11.1. The zero-order chi connectivity index (χ0) is 22.2. The molecule has 0 amide bonds. The van der Waals surface area contributed by atoms with Crippen molar-refractivity contribution >= 4 is 28.3 Å². The summed E-state index contributed by atoms with van der Waals surface area (Å²) >= 11 is 0. The highest BCUT2D eigenvalue weighted by Gasteiger charge is 2.14. The number of hydrogen-bond acceptors (Lipinski definition) is 7. The predicted molar refractivity (Wildman–Crippen MR) is 122 cm³/mol. The van der Waals surface area contributed by atoms with E-state index in [1.165, 1.54) is 0 Å². The monoisotopic (exact) mass is 427 g/mol. The Kier molecular flexibility index (Phi) is 8.17. The second-order valence-corrected chi connectivity index (χ2v) is 7.87. The van der Waals surface area contributed by atoms with Crippen molar-refractivity contribution in [2.24, 2.45) is 5.92 Å². The second-order valence-electron chi connectivity index (χ2n) is 7.87. The van der Waals surface area contributed by atoms with Gasteiger partial charge >= 0.3 is 0 Å². The highest BCUT2D eigenvalue weighted by molar-refractivity contribution is 5.84. The van der Waals surface area contributed by atoms with Crippen LogP contribution in [0.4, 0.5) is 5.82 Å². The Morgan fingerprint density at radius 2 is 2.03 bits per heavy atom. The van der Waals surface area contributed by atoms with Gasteiger partial charge in [-0.25, -0.2) is 4.98 Å². The minimum absolute atomic E-state index is 0.174. The van der Waals surface area contributed by atoms with Gasteiger partial charge in [0.1, 0.15) is 24.0 Å². The number of hydrogen-bond donors (Lipinski definition) is 1. The van der Waals surface area contributed by atoms with Crippen molar-refractivity contribution in [3.05, 3.63) is 24.0 Å². The molecule has 1 aromatic carbocycles. The first-order chi connectivity index (χ1) is 15.0. The summed E-state index contributed by atoms with van der Waals surface area (Å²) in [5, 5.41) is 12.0. The van der Waals surface area contributed by atoms with Crippen molar-refractivity contribution in [1.82, 2.24) is 19.6 Å². The third kappa shape index (κ3) is 5.70. The second kappa shape index (κ2) is 11.0. The molecule has 0 spiro atoms. The summed E-state index contributed by atoms with van der Waals surface area (Å²) in [5.74, 6) is 2.81. The number of benzene rings is 1. The number of anilines is 1. The number of methoxy groups -OCH3 is 1. The number of aryl methyl sites for hydroxylation is 1. The number of Topliss-reactive ketones (excluding diaryl/α,β-unsaturated/α-hetero) is 1. The first kappa shape index (κ1) is 22.9. The molecule has 3 rings (SSSR count). The Bertz CT molecular complexity index is 1020. The van der Waals surface area contributed by atoms with Crippen molar-refractivity contribution < 1.29 is 14.3 Å². The van der Waals surface area contributed by atoms with E-state index in [4.69, 9.17) is 14.5 Å². The lowest BCUT2D eigenvalue weighted by molar-refractivity contribution is -0.122. The van der Waals surface area contributed by atoms with E-state index in [-0.39, 0.29) is 5.92 Å². The average molecular weight is 428 g/mol. The smallest absolute Gasteiger partial charge is 0.204 e. The Morgan fingerprint density at radius 1 is 1.19 bits per heavy atom. The summed E-state index contributed by atoms with van der Waals surface area (Å²) < 4.78 is 12.8. The molecule has 3 aromatic rings. The largest absolute Gasteiger partial charge is 0.491 e. The number of unbranched alkanes of at least 4 members (excludes halogenated alkanes) is 2. The third-order valence-corrected chi connectivity index (χ3v) is 5.57. The maximum atomic E-state index is 12.0. The third-order valence-electron chi connectivity index (χ3n) is 5.57. The molecule has 0 saturated heterocycles. The molecule has 0 bridgehead atoms. The van der Waals surface area contributed by atoms with Gasteiger partial charge in [-0.3, -0.25) is 9.20 Å². The summed E-state index contributed by atoms with van der Waals surface area (Å²) in [6.45, 7) is 7.79. The van der Waals surface area contributed by atoms with E-state index < -0.39 is 0 Å². The molecule has 0 fully saturated rings. The lowest BCUT2D eigenvalue weighted by Gasteiger charge is -2.11. The van der Waals surface area contributed by atoms with Crippen molar-refractivity contribution in [3.8, 4) is 5.75 Å². The quantitative estimate of drug-likeness (QED) is 0.409. The van der Waals surface area contributed by atoms with Crippen molar-refractivity contribution in [2.75, 3.05) is 32.2 Å². The molecule has 0 aliphatic heterocycles. The lowest BCUT2D eigenvalue weighted by atomic mass is 9.99. The maximum absolute atomic E-state index is 12.0. The van der Waals surface area contributed by atoms with Gasteiger partial charge in [0.15, 0.2) is 5.82 Å². The number of ketones is 1. The van der Waals surface area contributed by atoms with Gasteiger partial charge in [0.25, 0.3) is 0 Å². The number of aromatic nitrogens is 4. The lowest BCUT2D eigenvalue weighted by Crippen LogP contribution is -2.10. The Balaban J connectivity index is 1.67. The fraction of sp³-hybridized carbons (Fsp3) is 0.565. The van der Waals surface area contributed by atoms with Crippen LogP contribution in [0.2, 0.25) is 0 Å². The normalized spacial score (nSPS) is 12.4. The summed E-state index contributed by atoms with van der Waals surface area (Å²) in [5.41, 5.74) is 2.46. The molecule has 1 unspecified atom stereocenters. The van der Waals surface area contributed by atoms with E-state index in [2.05, 4.69) is 22.4 Å². The van der Waals surface area contributed by atoms with Crippen LogP contribution in [0.3, 0.4) is 0 Å². The van der Waals surface area contributed by atoms with Gasteiger partial charge in [-0.15, -0.1) is 10.2 Å². The number of ether oxygens (including phenoxy) is 2. The average Bonchev–Trinajstić information content (AvgIpc) is 3.17. The van der Waals surface area contributed by atoms with Crippen LogP contribution in [0.15, 0.2) is 18.2 Å². The van der Waals surface area contributed by atoms with E-state index in [1.54, 1.807) is 7.11 Å². The van der Waals surface area contributed by atoms with Crippen LogP contribution in [0.1, 0.15) is 51.8 Å². The van der Waals surface area contributed by atoms with E-state index >= 15 is 0 Å². The molecule has 0 aliphatic carbocycles. The zero-order valence-electron chi connectivity index (χ0n) is 19.0. The minimum Gasteiger partial charge on any atom is -0.491 e. The summed E-state index contributed by atoms with van der Waals surface area (Å²) in [4.78, 5) is 16.7. The Labute approximate surface area is 183 Å². The highest BCUT2D eigenvalue weighted by atomic mass is 16.5. The highest BCUT2D eigenvalue weighted by Crippen LogP contribution is 2.25. The molecule has 8 heteroatoms. The summed E-state index contributed by atoms with van der Waals surface area (Å²) in [7, 11) is 1.65. The molecule has 0 radical (unpaired) electrons. The first-order valence-corrected chi connectivity index (χ1v) is 11.1. The van der Waals surface area contributed by atoms with Crippen molar-refractivity contribution in [1.29, 1.82) is 0 Å². The van der Waals surface area contributed by atoms with Crippen molar-refractivity contribution in [3.63, 3.8) is 0 Å². The zero-order valence-corrected chi connectivity index (χ0v) is 19.0. The number of carbonyl (C=O) groups excluding carboxylic acids is 1. The topological polar surface area (TPSA) is 90.6 Å². The summed E-state index contributed by atoms with van der Waals surface area (Å²) in [6.07, 6.45) is 4.48. The van der Waals surface area contributed by atoms with Crippen LogP contribution < -0.4 is 10.1 Å². The van der Waals surface area contributed by atoms with Gasteiger partial charge in [-0.1, -0.05) is 20.3 Å². The van der Waals surface area contributed by atoms with E-state index in [0.717, 1.165) is 54.8 Å². The standard InChI is InChI=1S/C23H33N5O3/c1-5-16(2)21(29)9-7-6-8-12-24-22-23-27-26-17(3)28(23)20-11-10-18(15-19(20)25-22)31-14-13-30-4/h10-11,15-16H,5-9,12-14H2,1-4H3,(H,24,25). The molecule has 2 aromatic heterocycles. The van der Waals surface area contributed by atoms with Gasteiger partial charge < -0.3 is 14.8 Å². The van der Waals surface area contributed by atoms with Crippen LogP contribution in [0.25, 0.3) is 16.7 Å². The SMILES string of the molecule is CCC(C)C(=O)CCCCCNc1nc2cc(OCCOC)ccc2n2c(C)nnc12. The van der Waals surface area contributed by atoms with Gasteiger partial charge in [0, 0.05) is 32.1 Å².